The number of methoxy groups -OCH3 is 1. The highest BCUT2D eigenvalue weighted by Gasteiger charge is 2.19. The smallest absolute Gasteiger partial charge is 0.273 e. The van der Waals surface area contributed by atoms with Crippen LogP contribution in [0.4, 0.5) is 0 Å². The summed E-state index contributed by atoms with van der Waals surface area (Å²) in [7, 11) is 1.65. The molecule has 0 aliphatic carbocycles. The second-order valence-corrected chi connectivity index (χ2v) is 4.68. The number of nitrogens with zero attached hydrogens (tertiary/aromatic N) is 1. The lowest BCUT2D eigenvalue weighted by Crippen LogP contribution is -2.10. The Morgan fingerprint density at radius 1 is 1.75 bits per heavy atom. The minimum Gasteiger partial charge on any atom is -0.473 e. The van der Waals surface area contributed by atoms with Crippen LogP contribution in [-0.2, 0) is 0 Å². The maximum Gasteiger partial charge on any atom is 0.273 e. The normalized spacial score (nSPS) is 22.9. The minimum absolute atomic E-state index is 0.436. The van der Waals surface area contributed by atoms with E-state index in [9.17, 15) is 0 Å². The fourth-order valence-corrected chi connectivity index (χ4v) is 3.06. The van der Waals surface area contributed by atoms with Crippen LogP contribution in [0, 0.1) is 0 Å². The van der Waals surface area contributed by atoms with Crippen molar-refractivity contribution in [2.24, 2.45) is 0 Å². The van der Waals surface area contributed by atoms with Crippen LogP contribution in [0.2, 0.25) is 0 Å². The molecule has 2 heterocycles. The maximum absolute atomic E-state index is 5.02. The van der Waals surface area contributed by atoms with Gasteiger partial charge in [0.1, 0.15) is 0 Å². The Morgan fingerprint density at radius 3 is 3.25 bits per heavy atom. The van der Waals surface area contributed by atoms with Gasteiger partial charge in [-0.3, -0.25) is 0 Å². The van der Waals surface area contributed by atoms with E-state index in [1.807, 2.05) is 18.0 Å². The molecule has 1 aromatic heterocycles. The van der Waals surface area contributed by atoms with E-state index in [-0.39, 0.29) is 0 Å². The number of ether oxygens (including phenoxy) is 1. The molecule has 0 spiro atoms. The van der Waals surface area contributed by atoms with E-state index in [0.717, 1.165) is 11.7 Å². The van der Waals surface area contributed by atoms with E-state index in [1.54, 1.807) is 18.4 Å². The second kappa shape index (κ2) is 3.64. The predicted octanol–water partition coefficient (Wildman–Crippen LogP) is 1.49. The molecule has 1 aromatic rings. The molecule has 1 saturated heterocycles. The number of thioether (sulfide) groups is 1. The maximum atomic E-state index is 5.02. The first-order chi connectivity index (χ1) is 5.90. The Kier molecular flexibility index (Phi) is 2.53. The largest absolute Gasteiger partial charge is 0.473 e. The number of rotatable bonds is 2. The number of hydrogen-bond acceptors (Lipinski definition) is 5. The highest BCUT2D eigenvalue weighted by atomic mass is 32.2. The van der Waals surface area contributed by atoms with Crippen LogP contribution in [0.5, 0.6) is 5.19 Å². The third kappa shape index (κ3) is 1.57. The first-order valence-electron chi connectivity index (χ1n) is 3.75. The third-order valence-corrected chi connectivity index (χ3v) is 4.02. The standard InChI is InChI=1S/C7H10N2OS2/c1-10-7-9-4-5(12-7)6-8-2-3-11-6/h4,6,8H,2-3H2,1H3. The molecule has 5 heteroatoms. The van der Waals surface area contributed by atoms with Gasteiger partial charge >= 0.3 is 0 Å². The lowest BCUT2D eigenvalue weighted by molar-refractivity contribution is 0.412. The molecule has 0 radical (unpaired) electrons. The monoisotopic (exact) mass is 202 g/mol. The van der Waals surface area contributed by atoms with Crippen LogP contribution >= 0.6 is 23.1 Å². The fourth-order valence-electron chi connectivity index (χ4n) is 1.09. The molecule has 1 aliphatic rings. The van der Waals surface area contributed by atoms with Gasteiger partial charge in [0.05, 0.1) is 17.4 Å². The Hall–Kier alpha value is -0.260. The molecule has 1 unspecified atom stereocenters. The summed E-state index contributed by atoms with van der Waals surface area (Å²) in [5.41, 5.74) is 0. The van der Waals surface area contributed by atoms with Gasteiger partial charge < -0.3 is 10.1 Å². The molecule has 0 bridgehead atoms. The number of nitrogens with one attached hydrogen (secondary N) is 1. The molecule has 1 N–H and O–H groups in total. The van der Waals surface area contributed by atoms with E-state index in [0.29, 0.717) is 5.37 Å². The summed E-state index contributed by atoms with van der Waals surface area (Å²) in [5, 5.41) is 4.57. The van der Waals surface area contributed by atoms with Crippen LogP contribution in [0.15, 0.2) is 6.20 Å². The zero-order valence-electron chi connectivity index (χ0n) is 6.74. The molecule has 2 rings (SSSR count). The Balaban J connectivity index is 2.11. The molecule has 0 saturated carbocycles. The highest BCUT2D eigenvalue weighted by Crippen LogP contribution is 2.35. The number of hydrogen-bond donors (Lipinski definition) is 1. The molecule has 66 valence electrons. The van der Waals surface area contributed by atoms with Crippen molar-refractivity contribution in [3.8, 4) is 5.19 Å². The molecular weight excluding hydrogens is 192 g/mol. The van der Waals surface area contributed by atoms with Gasteiger partial charge in [0.15, 0.2) is 0 Å². The van der Waals surface area contributed by atoms with Crippen LogP contribution in [0.1, 0.15) is 10.3 Å². The summed E-state index contributed by atoms with van der Waals surface area (Å²) in [6.45, 7) is 1.09. The van der Waals surface area contributed by atoms with E-state index < -0.39 is 0 Å². The van der Waals surface area contributed by atoms with Gasteiger partial charge in [0.25, 0.3) is 5.19 Å². The molecule has 12 heavy (non-hydrogen) atoms. The zero-order valence-corrected chi connectivity index (χ0v) is 8.37. The summed E-state index contributed by atoms with van der Waals surface area (Å²) < 4.78 is 5.02. The van der Waals surface area contributed by atoms with E-state index in [2.05, 4.69) is 10.3 Å². The Labute approximate surface area is 79.5 Å². The van der Waals surface area contributed by atoms with Crippen LogP contribution in [0.25, 0.3) is 0 Å². The lowest BCUT2D eigenvalue weighted by atomic mass is 10.5. The number of aromatic nitrogens is 1. The Bertz CT molecular complexity index is 258. The zero-order chi connectivity index (χ0) is 8.39. The Morgan fingerprint density at radius 2 is 2.67 bits per heavy atom. The molecule has 0 amide bonds. The topological polar surface area (TPSA) is 34.1 Å². The van der Waals surface area contributed by atoms with Gasteiger partial charge in [-0.2, -0.15) is 0 Å². The van der Waals surface area contributed by atoms with Crippen molar-refractivity contribution in [2.75, 3.05) is 19.4 Å². The van der Waals surface area contributed by atoms with E-state index >= 15 is 0 Å². The average Bonchev–Trinajstić information content (AvgIpc) is 2.75. The van der Waals surface area contributed by atoms with Crippen molar-refractivity contribution < 1.29 is 4.74 Å². The van der Waals surface area contributed by atoms with Gasteiger partial charge in [-0.15, -0.1) is 11.8 Å². The van der Waals surface area contributed by atoms with Crippen LogP contribution in [0.3, 0.4) is 0 Å². The fraction of sp³-hybridized carbons (Fsp3) is 0.571. The molecule has 3 nitrogen and oxygen atoms in total. The second-order valence-electron chi connectivity index (χ2n) is 2.44. The van der Waals surface area contributed by atoms with E-state index in [4.69, 9.17) is 4.74 Å². The van der Waals surface area contributed by atoms with Crippen LogP contribution < -0.4 is 10.1 Å². The number of thiazole rings is 1. The van der Waals surface area contributed by atoms with E-state index in [1.165, 1.54) is 10.6 Å². The quantitative estimate of drug-likeness (QED) is 0.788. The van der Waals surface area contributed by atoms with Gasteiger partial charge in [0, 0.05) is 18.5 Å². The lowest BCUT2D eigenvalue weighted by Gasteiger charge is -2.03. The van der Waals surface area contributed by atoms with Gasteiger partial charge in [-0.1, -0.05) is 11.3 Å². The molecule has 1 fully saturated rings. The van der Waals surface area contributed by atoms with Crippen molar-refractivity contribution in [3.05, 3.63) is 11.1 Å². The summed E-state index contributed by atoms with van der Waals surface area (Å²) in [6.07, 6.45) is 1.89. The van der Waals surface area contributed by atoms with Crippen molar-refractivity contribution >= 4 is 23.1 Å². The predicted molar refractivity (Wildman–Crippen MR) is 51.9 cm³/mol. The first-order valence-corrected chi connectivity index (χ1v) is 5.61. The van der Waals surface area contributed by atoms with Crippen molar-refractivity contribution in [2.45, 2.75) is 5.37 Å². The van der Waals surface area contributed by atoms with Crippen molar-refractivity contribution in [1.82, 2.24) is 10.3 Å². The van der Waals surface area contributed by atoms with Crippen molar-refractivity contribution in [3.63, 3.8) is 0 Å². The molecule has 0 aromatic carbocycles. The van der Waals surface area contributed by atoms with Crippen LogP contribution in [-0.4, -0.2) is 24.4 Å². The minimum atomic E-state index is 0.436. The molecule has 1 atom stereocenters. The summed E-state index contributed by atoms with van der Waals surface area (Å²) in [4.78, 5) is 5.38. The summed E-state index contributed by atoms with van der Waals surface area (Å²) >= 11 is 3.54. The third-order valence-electron chi connectivity index (χ3n) is 1.65. The molecule has 1 aliphatic heterocycles. The summed E-state index contributed by atoms with van der Waals surface area (Å²) in [5.74, 6) is 1.19. The first kappa shape index (κ1) is 8.34. The van der Waals surface area contributed by atoms with Crippen molar-refractivity contribution in [1.29, 1.82) is 0 Å². The average molecular weight is 202 g/mol. The highest BCUT2D eigenvalue weighted by molar-refractivity contribution is 7.99. The SMILES string of the molecule is COc1ncc(C2NCCS2)s1. The van der Waals surface area contributed by atoms with Gasteiger partial charge in [0.2, 0.25) is 0 Å². The van der Waals surface area contributed by atoms with Gasteiger partial charge in [-0.25, -0.2) is 4.98 Å². The van der Waals surface area contributed by atoms with Gasteiger partial charge in [-0.05, 0) is 0 Å². The summed E-state index contributed by atoms with van der Waals surface area (Å²) in [6, 6.07) is 0. The molecular formula is C7H10N2OS2.